The van der Waals surface area contributed by atoms with Gasteiger partial charge in [-0.25, -0.2) is 0 Å². The molecule has 0 bridgehead atoms. The van der Waals surface area contributed by atoms with Gasteiger partial charge < -0.3 is 5.32 Å². The fourth-order valence-corrected chi connectivity index (χ4v) is 2.19. The van der Waals surface area contributed by atoms with Gasteiger partial charge in [-0.2, -0.15) is 5.10 Å². The second kappa shape index (κ2) is 5.01. The van der Waals surface area contributed by atoms with Crippen molar-refractivity contribution < 1.29 is 9.72 Å². The molecule has 1 heterocycles. The lowest BCUT2D eigenvalue weighted by Gasteiger charge is -2.03. The number of aromatic nitrogens is 2. The minimum Gasteiger partial charge on any atom is -0.305 e. The van der Waals surface area contributed by atoms with E-state index in [9.17, 15) is 14.9 Å². The highest BCUT2D eigenvalue weighted by atomic mass is 16.6. The molecule has 1 aromatic carbocycles. The van der Waals surface area contributed by atoms with Gasteiger partial charge in [0.1, 0.15) is 0 Å². The molecule has 1 aromatic heterocycles. The molecule has 7 nitrogen and oxygen atoms in total. The second-order valence-corrected chi connectivity index (χ2v) is 5.20. The molecule has 21 heavy (non-hydrogen) atoms. The summed E-state index contributed by atoms with van der Waals surface area (Å²) in [6, 6.07) is 6.11. The highest BCUT2D eigenvalue weighted by Crippen LogP contribution is 2.39. The van der Waals surface area contributed by atoms with Crippen LogP contribution < -0.4 is 5.32 Å². The van der Waals surface area contributed by atoms with Crippen LogP contribution in [0.3, 0.4) is 0 Å². The molecular formula is C14H14N4O3. The van der Waals surface area contributed by atoms with Crippen LogP contribution >= 0.6 is 0 Å². The summed E-state index contributed by atoms with van der Waals surface area (Å²) < 4.78 is 0. The molecule has 108 valence electrons. The van der Waals surface area contributed by atoms with Crippen molar-refractivity contribution >= 4 is 17.4 Å². The number of H-pyrrole nitrogens is 1. The number of benzene rings is 1. The standard InChI is InChI=1S/C14H14N4O3/c1-8-6-10(4-5-12(8)18(20)21)14(19)15-13-7-11(16-17-13)9-2-3-9/h4-7,9H,2-3H2,1H3,(H2,15,16,17,19). The zero-order chi connectivity index (χ0) is 15.0. The number of carbonyl (C=O) groups is 1. The van der Waals surface area contributed by atoms with Crippen molar-refractivity contribution in [3.63, 3.8) is 0 Å². The summed E-state index contributed by atoms with van der Waals surface area (Å²) in [5, 5.41) is 20.4. The summed E-state index contributed by atoms with van der Waals surface area (Å²) in [5.74, 6) is 0.671. The van der Waals surface area contributed by atoms with E-state index in [0.29, 0.717) is 22.9 Å². The molecule has 0 radical (unpaired) electrons. The van der Waals surface area contributed by atoms with E-state index in [4.69, 9.17) is 0 Å². The first-order valence-electron chi connectivity index (χ1n) is 6.66. The molecule has 7 heteroatoms. The SMILES string of the molecule is Cc1cc(C(=O)Nc2cc(C3CC3)[nH]n2)ccc1[N+](=O)[O-]. The third kappa shape index (κ3) is 2.76. The van der Waals surface area contributed by atoms with Crippen molar-refractivity contribution in [1.29, 1.82) is 0 Å². The number of nitrogens with one attached hydrogen (secondary N) is 2. The van der Waals surface area contributed by atoms with Crippen LogP contribution in [0.25, 0.3) is 0 Å². The van der Waals surface area contributed by atoms with Crippen molar-refractivity contribution in [2.75, 3.05) is 5.32 Å². The van der Waals surface area contributed by atoms with Gasteiger partial charge in [-0.1, -0.05) is 0 Å². The van der Waals surface area contributed by atoms with Crippen molar-refractivity contribution in [2.45, 2.75) is 25.7 Å². The Balaban J connectivity index is 1.75. The summed E-state index contributed by atoms with van der Waals surface area (Å²) in [4.78, 5) is 22.4. The maximum Gasteiger partial charge on any atom is 0.272 e. The van der Waals surface area contributed by atoms with Crippen molar-refractivity contribution in [2.24, 2.45) is 0 Å². The zero-order valence-corrected chi connectivity index (χ0v) is 11.4. The lowest BCUT2D eigenvalue weighted by atomic mass is 10.1. The van der Waals surface area contributed by atoms with E-state index in [2.05, 4.69) is 15.5 Å². The predicted molar refractivity (Wildman–Crippen MR) is 76.3 cm³/mol. The number of nitro benzene ring substituents is 1. The van der Waals surface area contributed by atoms with Crippen LogP contribution in [0.2, 0.25) is 0 Å². The Morgan fingerprint density at radius 2 is 2.19 bits per heavy atom. The fraction of sp³-hybridized carbons (Fsp3) is 0.286. The van der Waals surface area contributed by atoms with E-state index in [0.717, 1.165) is 18.5 Å². The molecule has 1 amide bonds. The lowest BCUT2D eigenvalue weighted by molar-refractivity contribution is -0.385. The van der Waals surface area contributed by atoms with E-state index < -0.39 is 4.92 Å². The average molecular weight is 286 g/mol. The number of aryl methyl sites for hydroxylation is 1. The van der Waals surface area contributed by atoms with E-state index >= 15 is 0 Å². The quantitative estimate of drug-likeness (QED) is 0.666. The van der Waals surface area contributed by atoms with Gasteiger partial charge >= 0.3 is 0 Å². The van der Waals surface area contributed by atoms with Crippen molar-refractivity contribution in [1.82, 2.24) is 10.2 Å². The summed E-state index contributed by atoms with van der Waals surface area (Å²) in [6.07, 6.45) is 2.30. The Morgan fingerprint density at radius 1 is 1.43 bits per heavy atom. The molecule has 1 fully saturated rings. The van der Waals surface area contributed by atoms with Crippen LogP contribution in [-0.2, 0) is 0 Å². The molecule has 1 aliphatic carbocycles. The molecule has 0 spiro atoms. The number of anilines is 1. The molecule has 2 N–H and O–H groups in total. The maximum absolute atomic E-state index is 12.1. The molecule has 1 aliphatic rings. The van der Waals surface area contributed by atoms with E-state index in [1.54, 1.807) is 6.92 Å². The van der Waals surface area contributed by atoms with Crippen LogP contribution in [0.15, 0.2) is 24.3 Å². The number of nitrogens with zero attached hydrogens (tertiary/aromatic N) is 2. The van der Waals surface area contributed by atoms with E-state index in [1.807, 2.05) is 6.07 Å². The number of rotatable bonds is 4. The van der Waals surface area contributed by atoms with Crippen molar-refractivity contribution in [3.8, 4) is 0 Å². The van der Waals surface area contributed by atoms with Crippen molar-refractivity contribution in [3.05, 3.63) is 51.2 Å². The molecule has 1 saturated carbocycles. The number of hydrogen-bond donors (Lipinski definition) is 2. The van der Waals surface area contributed by atoms with Crippen LogP contribution in [0, 0.1) is 17.0 Å². The Kier molecular flexibility index (Phi) is 3.17. The number of amides is 1. The monoisotopic (exact) mass is 286 g/mol. The third-order valence-corrected chi connectivity index (χ3v) is 3.51. The van der Waals surface area contributed by atoms with Crippen LogP contribution in [0.4, 0.5) is 11.5 Å². The summed E-state index contributed by atoms with van der Waals surface area (Å²) in [5.41, 5.74) is 1.86. The Hall–Kier alpha value is -2.70. The predicted octanol–water partition coefficient (Wildman–Crippen LogP) is 2.76. The minimum atomic E-state index is -0.466. The van der Waals surface area contributed by atoms with Gasteiger partial charge in [-0.3, -0.25) is 20.0 Å². The number of hydrogen-bond acceptors (Lipinski definition) is 4. The molecule has 3 rings (SSSR count). The van der Waals surface area contributed by atoms with Gasteiger partial charge in [-0.05, 0) is 31.9 Å². The highest BCUT2D eigenvalue weighted by Gasteiger charge is 2.25. The Labute approximate surface area is 120 Å². The first kappa shape index (κ1) is 13.3. The third-order valence-electron chi connectivity index (χ3n) is 3.51. The Morgan fingerprint density at radius 3 is 2.81 bits per heavy atom. The summed E-state index contributed by atoms with van der Waals surface area (Å²) >= 11 is 0. The minimum absolute atomic E-state index is 0.00217. The smallest absolute Gasteiger partial charge is 0.272 e. The van der Waals surface area contributed by atoms with Gasteiger partial charge in [0.15, 0.2) is 5.82 Å². The average Bonchev–Trinajstić information content (AvgIpc) is 3.19. The lowest BCUT2D eigenvalue weighted by Crippen LogP contribution is -2.12. The molecule has 0 saturated heterocycles. The summed E-state index contributed by atoms with van der Waals surface area (Å²) in [7, 11) is 0. The fourth-order valence-electron chi connectivity index (χ4n) is 2.19. The maximum atomic E-state index is 12.1. The summed E-state index contributed by atoms with van der Waals surface area (Å²) in [6.45, 7) is 1.61. The van der Waals surface area contributed by atoms with Gasteiger partial charge in [0.25, 0.3) is 11.6 Å². The van der Waals surface area contributed by atoms with Gasteiger partial charge in [0.05, 0.1) is 4.92 Å². The molecular weight excluding hydrogens is 272 g/mol. The van der Waals surface area contributed by atoms with E-state index in [-0.39, 0.29) is 11.6 Å². The first-order valence-corrected chi connectivity index (χ1v) is 6.66. The van der Waals surface area contributed by atoms with Crippen LogP contribution in [0.1, 0.15) is 40.4 Å². The normalized spacial score (nSPS) is 14.0. The van der Waals surface area contributed by atoms with Gasteiger partial charge in [0.2, 0.25) is 0 Å². The Bertz CT molecular complexity index is 719. The van der Waals surface area contributed by atoms with Crippen LogP contribution in [-0.4, -0.2) is 21.0 Å². The first-order chi connectivity index (χ1) is 10.0. The van der Waals surface area contributed by atoms with Crippen LogP contribution in [0.5, 0.6) is 0 Å². The topological polar surface area (TPSA) is 101 Å². The highest BCUT2D eigenvalue weighted by molar-refractivity contribution is 6.04. The second-order valence-electron chi connectivity index (χ2n) is 5.20. The van der Waals surface area contributed by atoms with Gasteiger partial charge in [-0.15, -0.1) is 0 Å². The number of aromatic amines is 1. The van der Waals surface area contributed by atoms with E-state index in [1.165, 1.54) is 18.2 Å². The number of carbonyl (C=O) groups excluding carboxylic acids is 1. The number of nitro groups is 1. The largest absolute Gasteiger partial charge is 0.305 e. The molecule has 2 aromatic rings. The molecule has 0 aliphatic heterocycles. The molecule has 0 unspecified atom stereocenters. The van der Waals surface area contributed by atoms with Gasteiger partial charge in [0, 0.05) is 34.9 Å². The molecule has 0 atom stereocenters. The zero-order valence-electron chi connectivity index (χ0n) is 11.4.